The highest BCUT2D eigenvalue weighted by Crippen LogP contribution is 2.15. The van der Waals surface area contributed by atoms with Crippen LogP contribution in [0.1, 0.15) is 22.0 Å². The van der Waals surface area contributed by atoms with E-state index in [0.29, 0.717) is 0 Å². The molecule has 4 heteroatoms. The van der Waals surface area contributed by atoms with Crippen LogP contribution >= 0.6 is 11.3 Å². The number of primary amides is 1. The summed E-state index contributed by atoms with van der Waals surface area (Å²) in [6.07, 6.45) is 0.108. The maximum atomic E-state index is 10.4. The summed E-state index contributed by atoms with van der Waals surface area (Å²) >= 11 is 1.53. The predicted octanol–water partition coefficient (Wildman–Crippen LogP) is 0.987. The summed E-state index contributed by atoms with van der Waals surface area (Å²) in [5.74, 6) is 5.17. The van der Waals surface area contributed by atoms with Gasteiger partial charge in [-0.25, -0.2) is 4.98 Å². The van der Waals surface area contributed by atoms with Gasteiger partial charge in [-0.2, -0.15) is 0 Å². The monoisotopic (exact) mass is 194 g/mol. The van der Waals surface area contributed by atoms with E-state index in [1.54, 1.807) is 0 Å². The molecule has 1 aromatic rings. The van der Waals surface area contributed by atoms with Crippen molar-refractivity contribution in [3.63, 3.8) is 0 Å². The molecule has 0 aliphatic carbocycles. The highest BCUT2D eigenvalue weighted by molar-refractivity contribution is 7.12. The summed E-state index contributed by atoms with van der Waals surface area (Å²) in [6.45, 7) is 3.83. The second-order valence-corrected chi connectivity index (χ2v) is 3.80. The molecule has 0 saturated heterocycles. The summed E-state index contributed by atoms with van der Waals surface area (Å²) in [4.78, 5) is 15.5. The van der Waals surface area contributed by atoms with Crippen molar-refractivity contribution < 1.29 is 4.79 Å². The third-order valence-electron chi connectivity index (χ3n) is 1.37. The van der Waals surface area contributed by atoms with Crippen molar-refractivity contribution in [1.29, 1.82) is 0 Å². The van der Waals surface area contributed by atoms with Crippen molar-refractivity contribution in [1.82, 2.24) is 4.98 Å². The van der Waals surface area contributed by atoms with E-state index in [0.717, 1.165) is 15.6 Å². The number of nitrogens with zero attached hydrogens (tertiary/aromatic N) is 1. The molecule has 0 unspecified atom stereocenters. The van der Waals surface area contributed by atoms with Crippen LogP contribution in [0.3, 0.4) is 0 Å². The molecule has 1 heterocycles. The molecule has 0 saturated carbocycles. The van der Waals surface area contributed by atoms with Gasteiger partial charge >= 0.3 is 0 Å². The largest absolute Gasteiger partial charge is 0.369 e. The first-order valence-electron chi connectivity index (χ1n) is 3.81. The van der Waals surface area contributed by atoms with Crippen LogP contribution in [-0.2, 0) is 4.79 Å². The van der Waals surface area contributed by atoms with Gasteiger partial charge in [0, 0.05) is 0 Å². The van der Waals surface area contributed by atoms with Gasteiger partial charge in [0.25, 0.3) is 0 Å². The molecule has 0 aliphatic heterocycles. The summed E-state index contributed by atoms with van der Waals surface area (Å²) in [5.41, 5.74) is 5.86. The highest BCUT2D eigenvalue weighted by Gasteiger charge is 2.00. The Hall–Kier alpha value is -1.34. The fourth-order valence-electron chi connectivity index (χ4n) is 0.859. The first-order valence-corrected chi connectivity index (χ1v) is 4.62. The fraction of sp³-hybridized carbons (Fsp3) is 0.333. The van der Waals surface area contributed by atoms with E-state index in [2.05, 4.69) is 16.8 Å². The lowest BCUT2D eigenvalue weighted by Crippen LogP contribution is -2.08. The van der Waals surface area contributed by atoms with Crippen LogP contribution in [0.4, 0.5) is 0 Å². The van der Waals surface area contributed by atoms with Gasteiger partial charge < -0.3 is 5.73 Å². The van der Waals surface area contributed by atoms with Gasteiger partial charge in [-0.05, 0) is 13.8 Å². The molecule has 13 heavy (non-hydrogen) atoms. The number of amides is 1. The minimum Gasteiger partial charge on any atom is -0.369 e. The lowest BCUT2D eigenvalue weighted by Gasteiger charge is -1.82. The van der Waals surface area contributed by atoms with Gasteiger partial charge in [0.2, 0.25) is 5.91 Å². The van der Waals surface area contributed by atoms with Crippen LogP contribution in [0.25, 0.3) is 0 Å². The molecule has 68 valence electrons. The van der Waals surface area contributed by atoms with E-state index in [4.69, 9.17) is 5.73 Å². The van der Waals surface area contributed by atoms with Crippen LogP contribution in [0.2, 0.25) is 0 Å². The van der Waals surface area contributed by atoms with E-state index in [1.807, 2.05) is 13.8 Å². The normalized spacial score (nSPS) is 9.08. The average molecular weight is 194 g/mol. The Labute approximate surface area is 81.0 Å². The Kier molecular flexibility index (Phi) is 3.04. The second-order valence-electron chi connectivity index (χ2n) is 2.59. The number of rotatable bonds is 1. The van der Waals surface area contributed by atoms with E-state index >= 15 is 0 Å². The Morgan fingerprint density at radius 2 is 2.31 bits per heavy atom. The number of thiazole rings is 1. The first kappa shape index (κ1) is 9.75. The standard InChI is InChI=1S/C9H10N2OS/c1-6-8(13-7(2)11-6)4-3-5-9(10)12/h5H2,1-2H3,(H2,10,12). The zero-order valence-electron chi connectivity index (χ0n) is 7.55. The van der Waals surface area contributed by atoms with E-state index < -0.39 is 5.91 Å². The lowest BCUT2D eigenvalue weighted by molar-refractivity contribution is -0.117. The molecule has 0 atom stereocenters. The maximum Gasteiger partial charge on any atom is 0.229 e. The molecule has 0 aromatic carbocycles. The van der Waals surface area contributed by atoms with E-state index in [-0.39, 0.29) is 6.42 Å². The summed E-state index contributed by atoms with van der Waals surface area (Å²) in [6, 6.07) is 0. The van der Waals surface area contributed by atoms with Gasteiger partial charge in [-0.15, -0.1) is 11.3 Å². The zero-order valence-corrected chi connectivity index (χ0v) is 8.36. The molecule has 1 aromatic heterocycles. The predicted molar refractivity (Wildman–Crippen MR) is 52.3 cm³/mol. The maximum absolute atomic E-state index is 10.4. The van der Waals surface area contributed by atoms with Crippen LogP contribution in [0.15, 0.2) is 0 Å². The quantitative estimate of drug-likeness (QED) is 0.678. The number of nitrogens with two attached hydrogens (primary N) is 1. The number of hydrogen-bond donors (Lipinski definition) is 1. The van der Waals surface area contributed by atoms with E-state index in [1.165, 1.54) is 11.3 Å². The molecule has 0 spiro atoms. The lowest BCUT2D eigenvalue weighted by atomic mass is 10.3. The summed E-state index contributed by atoms with van der Waals surface area (Å²) in [7, 11) is 0. The van der Waals surface area contributed by atoms with Crippen LogP contribution in [-0.4, -0.2) is 10.9 Å². The molecule has 0 radical (unpaired) electrons. The van der Waals surface area contributed by atoms with Crippen molar-refractivity contribution in [3.8, 4) is 11.8 Å². The Bertz CT molecular complexity index is 384. The molecule has 0 bridgehead atoms. The van der Waals surface area contributed by atoms with Gasteiger partial charge in [0.05, 0.1) is 22.0 Å². The van der Waals surface area contributed by atoms with Crippen molar-refractivity contribution in [3.05, 3.63) is 15.6 Å². The van der Waals surface area contributed by atoms with E-state index in [9.17, 15) is 4.79 Å². The Balaban J connectivity index is 2.77. The molecule has 2 N–H and O–H groups in total. The van der Waals surface area contributed by atoms with Gasteiger partial charge in [-0.3, -0.25) is 4.79 Å². The molecular formula is C9H10N2OS. The SMILES string of the molecule is Cc1nc(C)c(C#CCC(N)=O)s1. The zero-order chi connectivity index (χ0) is 9.84. The van der Waals surface area contributed by atoms with Crippen molar-refractivity contribution in [2.24, 2.45) is 5.73 Å². The van der Waals surface area contributed by atoms with Gasteiger partial charge in [-0.1, -0.05) is 11.8 Å². The van der Waals surface area contributed by atoms with Crippen molar-refractivity contribution in [2.75, 3.05) is 0 Å². The number of hydrogen-bond acceptors (Lipinski definition) is 3. The topological polar surface area (TPSA) is 56.0 Å². The second kappa shape index (κ2) is 4.06. The molecule has 1 rings (SSSR count). The summed E-state index contributed by atoms with van der Waals surface area (Å²) < 4.78 is 0. The van der Waals surface area contributed by atoms with Crippen LogP contribution in [0, 0.1) is 25.7 Å². The number of aromatic nitrogens is 1. The van der Waals surface area contributed by atoms with Crippen molar-refractivity contribution in [2.45, 2.75) is 20.3 Å². The van der Waals surface area contributed by atoms with Crippen molar-refractivity contribution >= 4 is 17.2 Å². The third-order valence-corrected chi connectivity index (χ3v) is 2.36. The average Bonchev–Trinajstić information content (AvgIpc) is 2.29. The Morgan fingerprint density at radius 1 is 1.62 bits per heavy atom. The summed E-state index contributed by atoms with van der Waals surface area (Å²) in [5, 5.41) is 0.987. The fourth-order valence-corrected chi connectivity index (χ4v) is 1.65. The highest BCUT2D eigenvalue weighted by atomic mass is 32.1. The third kappa shape index (κ3) is 2.88. The van der Waals surface area contributed by atoms with Gasteiger partial charge in [0.15, 0.2) is 0 Å². The smallest absolute Gasteiger partial charge is 0.229 e. The number of carbonyl (C=O) groups excluding carboxylic acids is 1. The minimum absolute atomic E-state index is 0.108. The van der Waals surface area contributed by atoms with Crippen LogP contribution < -0.4 is 5.73 Å². The molecule has 0 aliphatic rings. The number of aryl methyl sites for hydroxylation is 2. The minimum atomic E-state index is -0.397. The molecule has 0 fully saturated rings. The number of carbonyl (C=O) groups is 1. The van der Waals surface area contributed by atoms with Gasteiger partial charge in [0.1, 0.15) is 0 Å². The first-order chi connectivity index (χ1) is 6.09. The molecular weight excluding hydrogens is 184 g/mol. The Morgan fingerprint density at radius 3 is 2.77 bits per heavy atom. The molecule has 3 nitrogen and oxygen atoms in total. The van der Waals surface area contributed by atoms with Crippen LogP contribution in [0.5, 0.6) is 0 Å². The molecule has 1 amide bonds.